The molecule has 0 amide bonds. The second-order valence-electron chi connectivity index (χ2n) is 9.27. The maximum atomic E-state index is 14.0. The van der Waals surface area contributed by atoms with Gasteiger partial charge in [-0.3, -0.25) is 0 Å². The SMILES string of the molecule is Cn1ccc2cc(CN(C#Cc3cccc(C(=O)[O-])c3-n3cccc3)S(=O)(=O)c3ccc4occc4c3)ccc21.[Li+]. The molecule has 198 valence electrons. The van der Waals surface area contributed by atoms with Gasteiger partial charge in [-0.2, -0.15) is 0 Å². The fourth-order valence-corrected chi connectivity index (χ4v) is 5.96. The third-order valence-corrected chi connectivity index (χ3v) is 8.37. The van der Waals surface area contributed by atoms with E-state index >= 15 is 0 Å². The number of furan rings is 1. The summed E-state index contributed by atoms with van der Waals surface area (Å²) in [7, 11) is -2.16. The van der Waals surface area contributed by atoms with E-state index in [4.69, 9.17) is 4.42 Å². The standard InChI is InChI=1S/C31H23N3O5S.Li/c1-32-16-11-24-19-22(7-9-28(24)32)21-34(40(37,38)26-8-10-29-25(20-26)13-18-39-29)17-12-23-5-4-6-27(31(35)36)30(23)33-14-2-3-15-33;/h2-11,13-16,18-20H,21H2,1H3,(H,35,36);/q;+1/p-1. The summed E-state index contributed by atoms with van der Waals surface area (Å²) in [6.45, 7) is -0.0252. The number of benzene rings is 3. The van der Waals surface area contributed by atoms with Crippen LogP contribution in [0.1, 0.15) is 21.5 Å². The summed E-state index contributed by atoms with van der Waals surface area (Å²) in [4.78, 5) is 12.0. The van der Waals surface area contributed by atoms with Crippen molar-refractivity contribution in [2.45, 2.75) is 11.4 Å². The molecule has 3 heterocycles. The minimum Gasteiger partial charge on any atom is -0.545 e. The Balaban J connectivity index is 0.00000337. The molecule has 8 nitrogen and oxygen atoms in total. The molecule has 3 aromatic heterocycles. The molecule has 6 rings (SSSR count). The summed E-state index contributed by atoms with van der Waals surface area (Å²) >= 11 is 0. The van der Waals surface area contributed by atoms with Gasteiger partial charge in [0.2, 0.25) is 0 Å². The minimum absolute atomic E-state index is 0. The molecular formula is C31H22LiN3O5S. The van der Waals surface area contributed by atoms with Gasteiger partial charge in [-0.05, 0) is 77.5 Å². The van der Waals surface area contributed by atoms with Gasteiger partial charge < -0.3 is 23.5 Å². The zero-order chi connectivity index (χ0) is 27.9. The first-order valence-corrected chi connectivity index (χ1v) is 13.8. The number of aryl methyl sites for hydroxylation is 1. The van der Waals surface area contributed by atoms with Crippen molar-refractivity contribution >= 4 is 37.9 Å². The Morgan fingerprint density at radius 3 is 2.54 bits per heavy atom. The Bertz CT molecular complexity index is 2070. The van der Waals surface area contributed by atoms with Crippen molar-refractivity contribution in [1.82, 2.24) is 13.4 Å². The van der Waals surface area contributed by atoms with Crippen molar-refractivity contribution in [2.75, 3.05) is 0 Å². The second-order valence-corrected chi connectivity index (χ2v) is 11.1. The van der Waals surface area contributed by atoms with E-state index in [-0.39, 0.29) is 35.9 Å². The molecule has 0 atom stereocenters. The van der Waals surface area contributed by atoms with Gasteiger partial charge in [0.1, 0.15) is 5.58 Å². The Hall–Kier alpha value is -4.60. The van der Waals surface area contributed by atoms with Gasteiger partial charge in [0.15, 0.2) is 0 Å². The third kappa shape index (κ3) is 5.29. The van der Waals surface area contributed by atoms with E-state index in [0.717, 1.165) is 20.8 Å². The second kappa shape index (κ2) is 11.1. The first kappa shape index (κ1) is 27.9. The summed E-state index contributed by atoms with van der Waals surface area (Å²) in [5.41, 5.74) is 2.91. The monoisotopic (exact) mass is 555 g/mol. The molecule has 41 heavy (non-hydrogen) atoms. The zero-order valence-electron chi connectivity index (χ0n) is 22.3. The number of carbonyl (C=O) groups excluding carboxylic acids is 1. The van der Waals surface area contributed by atoms with Crippen LogP contribution in [0.5, 0.6) is 0 Å². The van der Waals surface area contributed by atoms with Gasteiger partial charge in [0.25, 0.3) is 10.0 Å². The summed E-state index contributed by atoms with van der Waals surface area (Å²) in [5, 5.41) is 13.5. The van der Waals surface area contributed by atoms with Gasteiger partial charge in [-0.15, -0.1) is 0 Å². The van der Waals surface area contributed by atoms with Gasteiger partial charge in [0, 0.05) is 48.1 Å². The molecule has 0 aliphatic carbocycles. The molecular weight excluding hydrogens is 533 g/mol. The van der Waals surface area contributed by atoms with E-state index < -0.39 is 16.0 Å². The number of carboxylic acids is 1. The summed E-state index contributed by atoms with van der Waals surface area (Å²) < 4.78 is 38.0. The molecule has 0 radical (unpaired) electrons. The number of carbonyl (C=O) groups is 1. The topological polar surface area (TPSA) is 101 Å². The summed E-state index contributed by atoms with van der Waals surface area (Å²) in [5.74, 6) is 1.57. The van der Waals surface area contributed by atoms with Crippen molar-refractivity contribution in [1.29, 1.82) is 0 Å². The molecule has 6 aromatic rings. The number of aromatic nitrogens is 2. The van der Waals surface area contributed by atoms with E-state index in [1.165, 1.54) is 18.4 Å². The number of aromatic carboxylic acids is 1. The van der Waals surface area contributed by atoms with Crippen molar-refractivity contribution in [3.63, 3.8) is 0 Å². The fraction of sp³-hybridized carbons (Fsp3) is 0.0645. The van der Waals surface area contributed by atoms with Crippen LogP contribution in [0.15, 0.2) is 113 Å². The Labute approximate surface area is 248 Å². The molecule has 0 spiro atoms. The molecule has 0 fully saturated rings. The largest absolute Gasteiger partial charge is 1.00 e. The average molecular weight is 556 g/mol. The number of hydrogen-bond acceptors (Lipinski definition) is 5. The molecule has 0 N–H and O–H groups in total. The maximum Gasteiger partial charge on any atom is 1.00 e. The molecule has 0 bridgehead atoms. The van der Waals surface area contributed by atoms with Crippen molar-refractivity contribution in [3.8, 4) is 17.7 Å². The number of rotatable bonds is 6. The molecule has 0 saturated heterocycles. The summed E-state index contributed by atoms with van der Waals surface area (Å²) in [6.07, 6.45) is 6.82. The molecule has 0 saturated carbocycles. The van der Waals surface area contributed by atoms with E-state index in [2.05, 4.69) is 12.0 Å². The molecule has 0 unspecified atom stereocenters. The molecule has 0 aliphatic heterocycles. The Kier molecular flexibility index (Phi) is 7.57. The number of sulfonamides is 1. The first-order chi connectivity index (χ1) is 19.3. The maximum absolute atomic E-state index is 14.0. The Morgan fingerprint density at radius 1 is 0.951 bits per heavy atom. The van der Waals surface area contributed by atoms with Crippen LogP contribution in [0.3, 0.4) is 0 Å². The van der Waals surface area contributed by atoms with Crippen molar-refractivity contribution in [3.05, 3.63) is 120 Å². The van der Waals surface area contributed by atoms with Crippen LogP contribution >= 0.6 is 0 Å². The zero-order valence-corrected chi connectivity index (χ0v) is 23.1. The predicted molar refractivity (Wildman–Crippen MR) is 149 cm³/mol. The number of para-hydroxylation sites is 1. The van der Waals surface area contributed by atoms with Crippen LogP contribution in [0, 0.1) is 12.0 Å². The summed E-state index contributed by atoms with van der Waals surface area (Å²) in [6, 6.07) is 25.0. The van der Waals surface area contributed by atoms with Crippen molar-refractivity contribution in [2.24, 2.45) is 7.05 Å². The van der Waals surface area contributed by atoms with Gasteiger partial charge in [-0.1, -0.05) is 18.2 Å². The average Bonchev–Trinajstić information content (AvgIpc) is 3.72. The Morgan fingerprint density at radius 2 is 1.76 bits per heavy atom. The van der Waals surface area contributed by atoms with Gasteiger partial charge in [0.05, 0.1) is 34.9 Å². The number of carboxylic acid groups (broad SMARTS) is 1. The quantitative estimate of drug-likeness (QED) is 0.175. The van der Waals surface area contributed by atoms with Crippen LogP contribution in [-0.4, -0.2) is 27.8 Å². The van der Waals surface area contributed by atoms with E-state index in [0.29, 0.717) is 22.2 Å². The molecule has 0 aliphatic rings. The fourth-order valence-electron chi connectivity index (χ4n) is 4.71. The number of fused-ring (bicyclic) bond motifs is 2. The van der Waals surface area contributed by atoms with Crippen LogP contribution in [0.25, 0.3) is 27.6 Å². The van der Waals surface area contributed by atoms with E-state index in [1.807, 2.05) is 42.1 Å². The smallest absolute Gasteiger partial charge is 0.545 e. The molecule has 10 heteroatoms. The van der Waals surface area contributed by atoms with Crippen LogP contribution < -0.4 is 24.0 Å². The minimum atomic E-state index is -4.10. The van der Waals surface area contributed by atoms with Crippen LogP contribution in [-0.2, 0) is 23.6 Å². The van der Waals surface area contributed by atoms with E-state index in [1.54, 1.807) is 59.4 Å². The number of hydrogen-bond donors (Lipinski definition) is 0. The normalized spacial score (nSPS) is 11.1. The van der Waals surface area contributed by atoms with Crippen molar-refractivity contribution < 1.29 is 41.6 Å². The van der Waals surface area contributed by atoms with Crippen LogP contribution in [0.4, 0.5) is 0 Å². The van der Waals surface area contributed by atoms with E-state index in [9.17, 15) is 18.3 Å². The third-order valence-electron chi connectivity index (χ3n) is 6.72. The predicted octanol–water partition coefficient (Wildman–Crippen LogP) is 1.28. The first-order valence-electron chi connectivity index (χ1n) is 12.3. The van der Waals surface area contributed by atoms with Gasteiger partial charge >= 0.3 is 18.9 Å². The molecule has 3 aromatic carbocycles. The number of nitrogens with zero attached hydrogens (tertiary/aromatic N) is 3. The van der Waals surface area contributed by atoms with Gasteiger partial charge in [-0.25, -0.2) is 12.7 Å². The van der Waals surface area contributed by atoms with Crippen LogP contribution in [0.2, 0.25) is 0 Å².